The van der Waals surface area contributed by atoms with Crippen LogP contribution in [0.3, 0.4) is 0 Å². The molecule has 3 rings (SSSR count). The van der Waals surface area contributed by atoms with Gasteiger partial charge in [0.15, 0.2) is 5.17 Å². The lowest BCUT2D eigenvalue weighted by Crippen LogP contribution is -2.27. The molecular weight excluding hydrogens is 266 g/mol. The van der Waals surface area contributed by atoms with Crippen molar-refractivity contribution in [1.82, 2.24) is 10.3 Å². The normalized spacial score (nSPS) is 14.8. The van der Waals surface area contributed by atoms with E-state index in [4.69, 9.17) is 0 Å². The highest BCUT2D eigenvalue weighted by Crippen LogP contribution is 2.22. The van der Waals surface area contributed by atoms with E-state index in [2.05, 4.69) is 15.3 Å². The van der Waals surface area contributed by atoms with Gasteiger partial charge in [-0.2, -0.15) is 0 Å². The molecule has 0 spiro atoms. The fourth-order valence-electron chi connectivity index (χ4n) is 1.76. The lowest BCUT2D eigenvalue weighted by molar-refractivity contribution is 0.0978. The van der Waals surface area contributed by atoms with Gasteiger partial charge in [-0.25, -0.2) is 4.98 Å². The first-order valence-electron chi connectivity index (χ1n) is 5.58. The van der Waals surface area contributed by atoms with Crippen molar-refractivity contribution < 1.29 is 4.79 Å². The minimum absolute atomic E-state index is 0.101. The zero-order chi connectivity index (χ0) is 12.5. The number of carbonyl (C=O) groups is 1. The maximum Gasteiger partial charge on any atom is 0.257 e. The van der Waals surface area contributed by atoms with E-state index in [9.17, 15) is 4.79 Å². The SMILES string of the molecule is Cc1nc2ccc(C(=O)NC3=NCCS3)cc2s1. The average Bonchev–Trinajstić information content (AvgIpc) is 2.95. The van der Waals surface area contributed by atoms with Gasteiger partial charge in [-0.1, -0.05) is 11.8 Å². The number of aryl methyl sites for hydroxylation is 1. The third-order valence-corrected chi connectivity index (χ3v) is 4.39. The number of hydrogen-bond acceptors (Lipinski definition) is 5. The Morgan fingerprint density at radius 1 is 1.44 bits per heavy atom. The molecule has 1 aromatic carbocycles. The minimum atomic E-state index is -0.101. The van der Waals surface area contributed by atoms with Gasteiger partial charge in [0.25, 0.3) is 5.91 Å². The molecule has 1 aliphatic heterocycles. The number of fused-ring (bicyclic) bond motifs is 1. The number of aromatic nitrogens is 1. The van der Waals surface area contributed by atoms with Gasteiger partial charge in [-0.3, -0.25) is 9.79 Å². The molecule has 1 aliphatic rings. The second kappa shape index (κ2) is 4.70. The van der Waals surface area contributed by atoms with Crippen LogP contribution in [0.1, 0.15) is 15.4 Å². The average molecular weight is 277 g/mol. The van der Waals surface area contributed by atoms with Gasteiger partial charge in [-0.15, -0.1) is 11.3 Å². The van der Waals surface area contributed by atoms with Crippen molar-refractivity contribution in [2.75, 3.05) is 12.3 Å². The van der Waals surface area contributed by atoms with Gasteiger partial charge in [0.05, 0.1) is 21.8 Å². The van der Waals surface area contributed by atoms with Crippen molar-refractivity contribution in [2.24, 2.45) is 4.99 Å². The molecule has 6 heteroatoms. The van der Waals surface area contributed by atoms with Gasteiger partial charge in [0.2, 0.25) is 0 Å². The van der Waals surface area contributed by atoms with Crippen LogP contribution in [-0.4, -0.2) is 28.4 Å². The Kier molecular flexibility index (Phi) is 3.05. The van der Waals surface area contributed by atoms with Crippen molar-refractivity contribution >= 4 is 44.4 Å². The maximum atomic E-state index is 12.0. The van der Waals surface area contributed by atoms with Crippen molar-refractivity contribution in [1.29, 1.82) is 0 Å². The highest BCUT2D eigenvalue weighted by atomic mass is 32.2. The number of rotatable bonds is 1. The molecule has 1 amide bonds. The van der Waals surface area contributed by atoms with Crippen LogP contribution in [0, 0.1) is 6.92 Å². The van der Waals surface area contributed by atoms with Crippen molar-refractivity contribution in [3.8, 4) is 0 Å². The molecule has 4 nitrogen and oxygen atoms in total. The lowest BCUT2D eigenvalue weighted by atomic mass is 10.2. The summed E-state index contributed by atoms with van der Waals surface area (Å²) in [6.07, 6.45) is 0. The van der Waals surface area contributed by atoms with Crippen molar-refractivity contribution in [3.05, 3.63) is 28.8 Å². The molecule has 0 atom stereocenters. The number of thiazole rings is 1. The van der Waals surface area contributed by atoms with Crippen LogP contribution in [-0.2, 0) is 0 Å². The molecule has 0 radical (unpaired) electrons. The number of carbonyl (C=O) groups excluding carboxylic acids is 1. The molecule has 0 unspecified atom stereocenters. The summed E-state index contributed by atoms with van der Waals surface area (Å²) in [4.78, 5) is 20.6. The summed E-state index contributed by atoms with van der Waals surface area (Å²) in [5, 5.41) is 4.56. The summed E-state index contributed by atoms with van der Waals surface area (Å²) >= 11 is 3.18. The summed E-state index contributed by atoms with van der Waals surface area (Å²) in [5.41, 5.74) is 1.60. The van der Waals surface area contributed by atoms with E-state index in [0.717, 1.165) is 32.7 Å². The molecule has 2 aromatic rings. The smallest absolute Gasteiger partial charge is 0.257 e. The van der Waals surface area contributed by atoms with Crippen LogP contribution >= 0.6 is 23.1 Å². The summed E-state index contributed by atoms with van der Waals surface area (Å²) in [5.74, 6) is 0.846. The highest BCUT2D eigenvalue weighted by Gasteiger charge is 2.13. The van der Waals surface area contributed by atoms with Crippen LogP contribution in [0.4, 0.5) is 0 Å². The van der Waals surface area contributed by atoms with Crippen LogP contribution in [0.2, 0.25) is 0 Å². The molecular formula is C12H11N3OS2. The number of aliphatic imine (C=N–C) groups is 1. The van der Waals surface area contributed by atoms with E-state index in [1.807, 2.05) is 19.1 Å². The number of amides is 1. The van der Waals surface area contributed by atoms with Crippen LogP contribution in [0.25, 0.3) is 10.2 Å². The molecule has 18 heavy (non-hydrogen) atoms. The second-order valence-electron chi connectivity index (χ2n) is 3.90. The highest BCUT2D eigenvalue weighted by molar-refractivity contribution is 8.14. The molecule has 0 aliphatic carbocycles. The monoisotopic (exact) mass is 277 g/mol. The summed E-state index contributed by atoms with van der Waals surface area (Å²) in [6, 6.07) is 5.57. The van der Waals surface area contributed by atoms with Crippen LogP contribution in [0.5, 0.6) is 0 Å². The fourth-order valence-corrected chi connectivity index (χ4v) is 3.35. The van der Waals surface area contributed by atoms with Crippen LogP contribution in [0.15, 0.2) is 23.2 Å². The molecule has 2 heterocycles. The van der Waals surface area contributed by atoms with Gasteiger partial charge < -0.3 is 5.32 Å². The van der Waals surface area contributed by atoms with Crippen molar-refractivity contribution in [3.63, 3.8) is 0 Å². The Morgan fingerprint density at radius 2 is 2.33 bits per heavy atom. The quantitative estimate of drug-likeness (QED) is 0.871. The second-order valence-corrected chi connectivity index (χ2v) is 6.22. The summed E-state index contributed by atoms with van der Waals surface area (Å²) in [6.45, 7) is 2.75. The van der Waals surface area contributed by atoms with E-state index < -0.39 is 0 Å². The molecule has 0 saturated carbocycles. The first-order valence-corrected chi connectivity index (χ1v) is 7.38. The first-order chi connectivity index (χ1) is 8.72. The fraction of sp³-hybridized carbons (Fsp3) is 0.250. The molecule has 1 N–H and O–H groups in total. The summed E-state index contributed by atoms with van der Waals surface area (Å²) < 4.78 is 1.04. The van der Waals surface area contributed by atoms with Gasteiger partial charge in [0.1, 0.15) is 0 Å². The Bertz CT molecular complexity index is 648. The third kappa shape index (κ3) is 2.26. The predicted molar refractivity (Wildman–Crippen MR) is 76.6 cm³/mol. The number of benzene rings is 1. The van der Waals surface area contributed by atoms with E-state index in [1.165, 1.54) is 0 Å². The first kappa shape index (κ1) is 11.7. The summed E-state index contributed by atoms with van der Waals surface area (Å²) in [7, 11) is 0. The molecule has 0 fully saturated rings. The van der Waals surface area contributed by atoms with Gasteiger partial charge in [-0.05, 0) is 25.1 Å². The van der Waals surface area contributed by atoms with Gasteiger partial charge in [0, 0.05) is 11.3 Å². The topological polar surface area (TPSA) is 54.4 Å². The molecule has 92 valence electrons. The zero-order valence-corrected chi connectivity index (χ0v) is 11.4. The van der Waals surface area contributed by atoms with E-state index >= 15 is 0 Å². The zero-order valence-electron chi connectivity index (χ0n) is 9.77. The maximum absolute atomic E-state index is 12.0. The lowest BCUT2D eigenvalue weighted by Gasteiger charge is -2.03. The standard InChI is InChI=1S/C12H11N3OS2/c1-7-14-9-3-2-8(6-10(9)18-7)11(16)15-12-13-4-5-17-12/h2-3,6H,4-5H2,1H3,(H,13,15,16). The van der Waals surface area contributed by atoms with E-state index in [-0.39, 0.29) is 5.91 Å². The molecule has 0 saturated heterocycles. The number of thioether (sulfide) groups is 1. The van der Waals surface area contributed by atoms with Gasteiger partial charge >= 0.3 is 0 Å². The molecule has 0 bridgehead atoms. The Balaban J connectivity index is 1.86. The predicted octanol–water partition coefficient (Wildman–Crippen LogP) is 2.44. The van der Waals surface area contributed by atoms with Crippen LogP contribution < -0.4 is 5.32 Å². The number of amidine groups is 1. The molecule has 1 aromatic heterocycles. The number of nitrogens with one attached hydrogen (secondary N) is 1. The third-order valence-electron chi connectivity index (χ3n) is 2.56. The number of hydrogen-bond donors (Lipinski definition) is 1. The van der Waals surface area contributed by atoms with E-state index in [0.29, 0.717) is 5.56 Å². The Hall–Kier alpha value is -1.40. The van der Waals surface area contributed by atoms with E-state index in [1.54, 1.807) is 29.2 Å². The Morgan fingerprint density at radius 3 is 3.11 bits per heavy atom. The minimum Gasteiger partial charge on any atom is -0.301 e. The number of nitrogens with zero attached hydrogens (tertiary/aromatic N) is 2. The van der Waals surface area contributed by atoms with Crippen molar-refractivity contribution in [2.45, 2.75) is 6.92 Å². The largest absolute Gasteiger partial charge is 0.301 e. The Labute approximate surface area is 113 Å².